The summed E-state index contributed by atoms with van der Waals surface area (Å²) in [5.74, 6) is 0.543. The molecule has 234 valence electrons. The Bertz CT molecular complexity index is 1440. The SMILES string of the molecule is CC[C@@H](O)[C@@H]1/C=C/C[C@H](C)[C@@H](C)S(=O)(=O)NC(=O)c2ccc3c(c2)N(CCCCc2cc(Cl)ccc2CO3)C[C@@H]2CC[C@H]21. The Morgan fingerprint density at radius 1 is 1.12 bits per heavy atom. The van der Waals surface area contributed by atoms with Crippen LogP contribution < -0.4 is 14.4 Å². The van der Waals surface area contributed by atoms with E-state index in [0.29, 0.717) is 42.1 Å². The maximum absolute atomic E-state index is 13.4. The van der Waals surface area contributed by atoms with Gasteiger partial charge >= 0.3 is 0 Å². The Labute approximate surface area is 261 Å². The van der Waals surface area contributed by atoms with Crippen molar-refractivity contribution in [1.29, 1.82) is 0 Å². The molecule has 1 amide bonds. The van der Waals surface area contributed by atoms with E-state index >= 15 is 0 Å². The van der Waals surface area contributed by atoms with E-state index in [2.05, 4.69) is 15.7 Å². The van der Waals surface area contributed by atoms with Gasteiger partial charge in [-0.1, -0.05) is 43.7 Å². The summed E-state index contributed by atoms with van der Waals surface area (Å²) in [6.07, 6.45) is 9.85. The number of hydrogen-bond acceptors (Lipinski definition) is 6. The van der Waals surface area contributed by atoms with E-state index in [0.717, 1.165) is 56.4 Å². The second-order valence-electron chi connectivity index (χ2n) is 12.7. The lowest BCUT2D eigenvalue weighted by atomic mass is 9.64. The maximum atomic E-state index is 13.4. The lowest BCUT2D eigenvalue weighted by molar-refractivity contribution is 0.0317. The van der Waals surface area contributed by atoms with Crippen LogP contribution in [0.25, 0.3) is 0 Å². The van der Waals surface area contributed by atoms with Crippen LogP contribution in [0.15, 0.2) is 48.6 Å². The van der Waals surface area contributed by atoms with Crippen LogP contribution in [-0.4, -0.2) is 43.9 Å². The van der Waals surface area contributed by atoms with Crippen LogP contribution in [-0.2, 0) is 23.1 Å². The van der Waals surface area contributed by atoms with Crippen molar-refractivity contribution in [1.82, 2.24) is 4.72 Å². The van der Waals surface area contributed by atoms with Crippen LogP contribution in [0.3, 0.4) is 0 Å². The van der Waals surface area contributed by atoms with Crippen molar-refractivity contribution >= 4 is 33.2 Å². The number of hydrogen-bond donors (Lipinski definition) is 2. The van der Waals surface area contributed by atoms with E-state index in [4.69, 9.17) is 16.3 Å². The molecule has 2 heterocycles. The maximum Gasteiger partial charge on any atom is 0.264 e. The Hall–Kier alpha value is -2.55. The highest BCUT2D eigenvalue weighted by molar-refractivity contribution is 7.90. The summed E-state index contributed by atoms with van der Waals surface area (Å²) in [5, 5.41) is 11.0. The van der Waals surface area contributed by atoms with Gasteiger partial charge in [-0.2, -0.15) is 0 Å². The zero-order valence-electron chi connectivity index (χ0n) is 25.5. The van der Waals surface area contributed by atoms with E-state index < -0.39 is 27.3 Å². The lowest BCUT2D eigenvalue weighted by Gasteiger charge is -2.45. The molecular weight excluding hydrogens is 584 g/mol. The highest BCUT2D eigenvalue weighted by atomic mass is 35.5. The summed E-state index contributed by atoms with van der Waals surface area (Å²) in [6.45, 7) is 7.46. The summed E-state index contributed by atoms with van der Waals surface area (Å²) in [6, 6.07) is 11.1. The fourth-order valence-corrected chi connectivity index (χ4v) is 8.23. The second kappa shape index (κ2) is 13.6. The fraction of sp³-hybridized carbons (Fsp3) is 0.559. The van der Waals surface area contributed by atoms with E-state index in [1.807, 2.05) is 38.1 Å². The number of fused-ring (bicyclic) bond motifs is 3. The molecule has 2 bridgehead atoms. The number of halogens is 1. The number of carbonyl (C=O) groups is 1. The molecular formula is C34H45ClN2O5S. The number of anilines is 1. The summed E-state index contributed by atoms with van der Waals surface area (Å²) in [5.41, 5.74) is 3.34. The average molecular weight is 629 g/mol. The van der Waals surface area contributed by atoms with Crippen LogP contribution in [0.4, 0.5) is 5.69 Å². The highest BCUT2D eigenvalue weighted by Gasteiger charge is 2.40. The molecule has 9 heteroatoms. The van der Waals surface area contributed by atoms with Gasteiger partial charge in [0.1, 0.15) is 12.4 Å². The predicted octanol–water partition coefficient (Wildman–Crippen LogP) is 6.52. The van der Waals surface area contributed by atoms with Crippen LogP contribution in [0.5, 0.6) is 5.75 Å². The fourth-order valence-electron chi connectivity index (χ4n) is 6.75. The zero-order chi connectivity index (χ0) is 30.7. The quantitative estimate of drug-likeness (QED) is 0.368. The van der Waals surface area contributed by atoms with Gasteiger partial charge in [0.05, 0.1) is 17.0 Å². The normalized spacial score (nSPS) is 29.4. The molecule has 1 fully saturated rings. The van der Waals surface area contributed by atoms with Crippen molar-refractivity contribution in [3.8, 4) is 5.75 Å². The number of amides is 1. The Kier molecular flexibility index (Phi) is 10.1. The first-order valence-corrected chi connectivity index (χ1v) is 17.7. The number of benzene rings is 2. The second-order valence-corrected chi connectivity index (χ2v) is 15.1. The van der Waals surface area contributed by atoms with Crippen molar-refractivity contribution in [2.24, 2.45) is 23.7 Å². The number of ether oxygens (including phenoxy) is 1. The largest absolute Gasteiger partial charge is 0.487 e. The number of rotatable bonds is 2. The van der Waals surface area contributed by atoms with Crippen LogP contribution in [0.2, 0.25) is 5.02 Å². The molecule has 7 nitrogen and oxygen atoms in total. The van der Waals surface area contributed by atoms with Crippen molar-refractivity contribution in [3.63, 3.8) is 0 Å². The van der Waals surface area contributed by atoms with Gasteiger partial charge in [0.25, 0.3) is 5.91 Å². The third-order valence-corrected chi connectivity index (χ3v) is 12.1. The van der Waals surface area contributed by atoms with E-state index in [9.17, 15) is 18.3 Å². The lowest BCUT2D eigenvalue weighted by Crippen LogP contribution is -2.44. The number of carbonyl (C=O) groups excluding carboxylic acids is 1. The molecule has 2 aliphatic heterocycles. The minimum absolute atomic E-state index is 0.0145. The summed E-state index contributed by atoms with van der Waals surface area (Å²) >= 11 is 6.33. The number of nitrogens with one attached hydrogen (secondary N) is 1. The number of sulfonamides is 1. The molecule has 2 aromatic rings. The van der Waals surface area contributed by atoms with Crippen molar-refractivity contribution in [2.45, 2.75) is 83.7 Å². The molecule has 0 radical (unpaired) electrons. The molecule has 1 saturated carbocycles. The van der Waals surface area contributed by atoms with Crippen LogP contribution >= 0.6 is 11.6 Å². The number of aliphatic hydroxyl groups excluding tert-OH is 1. The third-order valence-electron chi connectivity index (χ3n) is 9.92. The Morgan fingerprint density at radius 3 is 2.67 bits per heavy atom. The number of nitrogens with zero attached hydrogens (tertiary/aromatic N) is 1. The van der Waals surface area contributed by atoms with E-state index in [1.54, 1.807) is 25.1 Å². The van der Waals surface area contributed by atoms with Gasteiger partial charge in [0, 0.05) is 29.6 Å². The minimum Gasteiger partial charge on any atom is -0.487 e. The zero-order valence-corrected chi connectivity index (χ0v) is 27.0. The molecule has 5 rings (SSSR count). The van der Waals surface area contributed by atoms with E-state index in [1.165, 1.54) is 5.56 Å². The van der Waals surface area contributed by atoms with Crippen molar-refractivity contribution < 1.29 is 23.1 Å². The molecule has 6 atom stereocenters. The van der Waals surface area contributed by atoms with Gasteiger partial charge in [-0.05, 0) is 111 Å². The molecule has 2 aromatic carbocycles. The van der Waals surface area contributed by atoms with Gasteiger partial charge in [-0.15, -0.1) is 0 Å². The van der Waals surface area contributed by atoms with Crippen LogP contribution in [0.1, 0.15) is 80.8 Å². The molecule has 0 aromatic heterocycles. The third kappa shape index (κ3) is 7.23. The monoisotopic (exact) mass is 628 g/mol. The predicted molar refractivity (Wildman–Crippen MR) is 172 cm³/mol. The first kappa shape index (κ1) is 31.9. The molecule has 1 aliphatic carbocycles. The van der Waals surface area contributed by atoms with Gasteiger partial charge in [0.15, 0.2) is 0 Å². The number of aliphatic hydroxyl groups is 1. The molecule has 0 saturated heterocycles. The van der Waals surface area contributed by atoms with Crippen molar-refractivity contribution in [3.05, 3.63) is 70.3 Å². The first-order chi connectivity index (χ1) is 20.6. The van der Waals surface area contributed by atoms with Gasteiger partial charge in [0.2, 0.25) is 10.0 Å². The topological polar surface area (TPSA) is 95.9 Å². The molecule has 0 unspecified atom stereocenters. The minimum atomic E-state index is -3.92. The summed E-state index contributed by atoms with van der Waals surface area (Å²) in [7, 11) is -3.92. The van der Waals surface area contributed by atoms with Gasteiger partial charge in [-0.25, -0.2) is 13.1 Å². The Morgan fingerprint density at radius 2 is 1.93 bits per heavy atom. The molecule has 2 N–H and O–H groups in total. The van der Waals surface area contributed by atoms with Gasteiger partial charge in [-0.3, -0.25) is 4.79 Å². The van der Waals surface area contributed by atoms with Crippen molar-refractivity contribution in [2.75, 3.05) is 18.0 Å². The Balaban J connectivity index is 1.56. The number of allylic oxidation sites excluding steroid dienone is 1. The van der Waals surface area contributed by atoms with E-state index in [-0.39, 0.29) is 17.4 Å². The summed E-state index contributed by atoms with van der Waals surface area (Å²) in [4.78, 5) is 15.7. The molecule has 3 aliphatic rings. The summed E-state index contributed by atoms with van der Waals surface area (Å²) < 4.78 is 35.3. The smallest absolute Gasteiger partial charge is 0.264 e. The highest BCUT2D eigenvalue weighted by Crippen LogP contribution is 2.44. The molecule has 0 spiro atoms. The number of aryl methyl sites for hydroxylation is 1. The first-order valence-electron chi connectivity index (χ1n) is 15.8. The van der Waals surface area contributed by atoms with Crippen LogP contribution in [0, 0.1) is 23.7 Å². The standard InChI is InChI=1S/C34H45ClN2O5S/c1-4-32(38)30-10-7-8-22(2)23(3)43(40,41)36-34(39)25-13-16-33-31(19-25)37(20-26-12-15-29(26)30)17-6-5-9-24-18-28(35)14-11-27(24)21-42-33/h7,10-11,13-14,16,18-19,22-23,26,29-30,32,38H,4-6,8-9,12,15,17,20-21H2,1-3H3,(H,36,39)/b10-7+/t22-,23+,26-,29+,30+,32+/m0/s1. The molecule has 43 heavy (non-hydrogen) atoms. The van der Waals surface area contributed by atoms with Gasteiger partial charge < -0.3 is 14.7 Å². The average Bonchev–Trinajstić information content (AvgIpc) is 3.00.